The lowest BCUT2D eigenvalue weighted by atomic mass is 10.0. The van der Waals surface area contributed by atoms with E-state index in [1.165, 1.54) is 0 Å². The molecular formula is C16H11F7O. The van der Waals surface area contributed by atoms with Crippen molar-refractivity contribution in [3.63, 3.8) is 0 Å². The highest BCUT2D eigenvalue weighted by Crippen LogP contribution is 2.36. The van der Waals surface area contributed by atoms with E-state index in [2.05, 4.69) is 4.74 Å². The Balaban J connectivity index is 2.44. The van der Waals surface area contributed by atoms with Crippen LogP contribution >= 0.6 is 0 Å². The third-order valence-corrected chi connectivity index (χ3v) is 3.23. The highest BCUT2D eigenvalue weighted by Gasteiger charge is 2.41. The second-order valence-corrected chi connectivity index (χ2v) is 5.33. The average molecular weight is 352 g/mol. The van der Waals surface area contributed by atoms with Gasteiger partial charge in [0, 0.05) is 12.1 Å². The van der Waals surface area contributed by atoms with Gasteiger partial charge in [-0.15, -0.1) is 0 Å². The van der Waals surface area contributed by atoms with Crippen LogP contribution in [0, 0.1) is 29.1 Å². The molecule has 130 valence electrons. The molecule has 2 aromatic rings. The largest absolute Gasteiger partial charge is 0.432 e. The van der Waals surface area contributed by atoms with Crippen molar-refractivity contribution in [2.24, 2.45) is 0 Å². The van der Waals surface area contributed by atoms with Crippen LogP contribution in [0.3, 0.4) is 0 Å². The fourth-order valence-corrected chi connectivity index (χ4v) is 1.99. The predicted molar refractivity (Wildman–Crippen MR) is 71.3 cm³/mol. The van der Waals surface area contributed by atoms with Crippen LogP contribution in [0.4, 0.5) is 30.7 Å². The van der Waals surface area contributed by atoms with Gasteiger partial charge < -0.3 is 4.74 Å². The number of hydrogen-bond donors (Lipinski definition) is 0. The normalized spacial score (nSPS) is 11.9. The molecule has 8 heteroatoms. The van der Waals surface area contributed by atoms with E-state index in [0.29, 0.717) is 12.1 Å². The first-order valence-electron chi connectivity index (χ1n) is 6.73. The van der Waals surface area contributed by atoms with E-state index < -0.39 is 46.5 Å². The molecule has 0 aromatic heterocycles. The summed E-state index contributed by atoms with van der Waals surface area (Å²) >= 11 is 0. The Morgan fingerprint density at radius 1 is 0.792 bits per heavy atom. The SMILES string of the molecule is CC(C)c1cc(F)c(C(F)(F)Oc2cc(F)c(F)c(F)c2)c(F)c1. The van der Waals surface area contributed by atoms with Gasteiger partial charge in [-0.25, -0.2) is 22.0 Å². The standard InChI is InChI=1S/C16H11F7O/c1-7(2)8-3-10(17)14(11(18)4-8)16(22,23)24-9-5-12(19)15(21)13(20)6-9/h3-7H,1-2H3. The van der Waals surface area contributed by atoms with Gasteiger partial charge in [-0.05, 0) is 23.6 Å². The molecule has 0 fully saturated rings. The third-order valence-electron chi connectivity index (χ3n) is 3.23. The van der Waals surface area contributed by atoms with Crippen LogP contribution in [-0.4, -0.2) is 0 Å². The fraction of sp³-hybridized carbons (Fsp3) is 0.250. The highest BCUT2D eigenvalue weighted by molar-refractivity contribution is 5.32. The van der Waals surface area contributed by atoms with Gasteiger partial charge in [0.15, 0.2) is 17.5 Å². The highest BCUT2D eigenvalue weighted by atomic mass is 19.3. The van der Waals surface area contributed by atoms with Gasteiger partial charge in [-0.2, -0.15) is 8.78 Å². The quantitative estimate of drug-likeness (QED) is 0.512. The summed E-state index contributed by atoms with van der Waals surface area (Å²) < 4.78 is 98.7. The van der Waals surface area contributed by atoms with Crippen LogP contribution in [-0.2, 0) is 6.11 Å². The number of hydrogen-bond acceptors (Lipinski definition) is 1. The summed E-state index contributed by atoms with van der Waals surface area (Å²) in [5.41, 5.74) is -1.57. The second-order valence-electron chi connectivity index (χ2n) is 5.33. The topological polar surface area (TPSA) is 9.23 Å². The summed E-state index contributed by atoms with van der Waals surface area (Å²) in [6.45, 7) is 3.21. The van der Waals surface area contributed by atoms with E-state index in [9.17, 15) is 30.7 Å². The molecular weight excluding hydrogens is 341 g/mol. The minimum absolute atomic E-state index is 0.142. The minimum Gasteiger partial charge on any atom is -0.429 e. The van der Waals surface area contributed by atoms with E-state index in [1.807, 2.05) is 0 Å². The van der Waals surface area contributed by atoms with E-state index in [-0.39, 0.29) is 23.6 Å². The molecule has 0 aliphatic carbocycles. The van der Waals surface area contributed by atoms with Gasteiger partial charge >= 0.3 is 6.11 Å². The Morgan fingerprint density at radius 3 is 1.67 bits per heavy atom. The van der Waals surface area contributed by atoms with Gasteiger partial charge in [-0.1, -0.05) is 13.8 Å². The Kier molecular flexibility index (Phi) is 4.77. The maximum Gasteiger partial charge on any atom is 0.432 e. The van der Waals surface area contributed by atoms with Gasteiger partial charge in [0.1, 0.15) is 22.9 Å². The van der Waals surface area contributed by atoms with Crippen LogP contribution < -0.4 is 4.74 Å². The lowest BCUT2D eigenvalue weighted by Crippen LogP contribution is -2.25. The second kappa shape index (κ2) is 6.33. The summed E-state index contributed by atoms with van der Waals surface area (Å²) in [6, 6.07) is 1.72. The van der Waals surface area contributed by atoms with Crippen molar-refractivity contribution in [3.05, 3.63) is 64.5 Å². The maximum absolute atomic E-state index is 14.0. The molecule has 0 unspecified atom stereocenters. The number of halogens is 7. The van der Waals surface area contributed by atoms with Crippen LogP contribution in [0.5, 0.6) is 5.75 Å². The predicted octanol–water partition coefficient (Wildman–Crippen LogP) is 5.63. The Morgan fingerprint density at radius 2 is 1.25 bits per heavy atom. The Hall–Kier alpha value is -2.25. The number of ether oxygens (including phenoxy) is 1. The summed E-state index contributed by atoms with van der Waals surface area (Å²) in [7, 11) is 0. The molecule has 0 spiro atoms. The molecule has 2 rings (SSSR count). The lowest BCUT2D eigenvalue weighted by molar-refractivity contribution is -0.189. The summed E-state index contributed by atoms with van der Waals surface area (Å²) in [4.78, 5) is 0. The van der Waals surface area contributed by atoms with Crippen molar-refractivity contribution >= 4 is 0 Å². The molecule has 0 radical (unpaired) electrons. The molecule has 0 saturated heterocycles. The van der Waals surface area contributed by atoms with Crippen LogP contribution in [0.2, 0.25) is 0 Å². The zero-order chi connectivity index (χ0) is 18.2. The first-order valence-corrected chi connectivity index (χ1v) is 6.73. The molecule has 0 bridgehead atoms. The first kappa shape index (κ1) is 18.1. The van der Waals surface area contributed by atoms with Gasteiger partial charge in [0.2, 0.25) is 0 Å². The molecule has 2 aromatic carbocycles. The zero-order valence-corrected chi connectivity index (χ0v) is 12.4. The molecule has 0 heterocycles. The van der Waals surface area contributed by atoms with Crippen LogP contribution in [0.1, 0.15) is 30.9 Å². The Labute approximate surface area is 132 Å². The molecule has 0 saturated carbocycles. The van der Waals surface area contributed by atoms with Crippen LogP contribution in [0.25, 0.3) is 0 Å². The van der Waals surface area contributed by atoms with E-state index in [4.69, 9.17) is 0 Å². The molecule has 0 aliphatic rings. The summed E-state index contributed by atoms with van der Waals surface area (Å²) in [6.07, 6.45) is -4.57. The van der Waals surface area contributed by atoms with Gasteiger partial charge in [-0.3, -0.25) is 0 Å². The molecule has 1 nitrogen and oxygen atoms in total. The van der Waals surface area contributed by atoms with Gasteiger partial charge in [0.05, 0.1) is 0 Å². The molecule has 0 N–H and O–H groups in total. The first-order chi connectivity index (χ1) is 11.0. The third kappa shape index (κ3) is 3.47. The minimum atomic E-state index is -4.57. The van der Waals surface area contributed by atoms with Crippen molar-refractivity contribution in [1.82, 2.24) is 0 Å². The van der Waals surface area contributed by atoms with Crippen molar-refractivity contribution in [2.45, 2.75) is 25.9 Å². The number of rotatable bonds is 4. The molecule has 24 heavy (non-hydrogen) atoms. The van der Waals surface area contributed by atoms with Crippen molar-refractivity contribution in [1.29, 1.82) is 0 Å². The lowest BCUT2D eigenvalue weighted by Gasteiger charge is -2.20. The molecule has 0 atom stereocenters. The number of benzene rings is 2. The monoisotopic (exact) mass is 352 g/mol. The van der Waals surface area contributed by atoms with Crippen molar-refractivity contribution in [2.75, 3.05) is 0 Å². The maximum atomic E-state index is 14.0. The average Bonchev–Trinajstić information content (AvgIpc) is 2.42. The Bertz CT molecular complexity index is 725. The van der Waals surface area contributed by atoms with E-state index in [0.717, 1.165) is 0 Å². The zero-order valence-electron chi connectivity index (χ0n) is 12.4. The summed E-state index contributed by atoms with van der Waals surface area (Å²) in [5.74, 6) is -10.0. The van der Waals surface area contributed by atoms with Crippen LogP contribution in [0.15, 0.2) is 24.3 Å². The van der Waals surface area contributed by atoms with Crippen molar-refractivity contribution < 1.29 is 35.5 Å². The van der Waals surface area contributed by atoms with Gasteiger partial charge in [0.25, 0.3) is 0 Å². The summed E-state index contributed by atoms with van der Waals surface area (Å²) in [5, 5.41) is 0. The van der Waals surface area contributed by atoms with E-state index >= 15 is 0 Å². The number of alkyl halides is 2. The van der Waals surface area contributed by atoms with E-state index in [1.54, 1.807) is 13.8 Å². The van der Waals surface area contributed by atoms with Crippen molar-refractivity contribution in [3.8, 4) is 5.75 Å². The molecule has 0 aliphatic heterocycles. The molecule has 0 amide bonds. The smallest absolute Gasteiger partial charge is 0.429 e. The fourth-order valence-electron chi connectivity index (χ4n) is 1.99.